The Balaban J connectivity index is 2.50. The van der Waals surface area contributed by atoms with Gasteiger partial charge in [-0.2, -0.15) is 0 Å². The largest absolute Gasteiger partial charge is 0.329 e. The van der Waals surface area contributed by atoms with Gasteiger partial charge >= 0.3 is 0 Å². The zero-order chi connectivity index (χ0) is 9.19. The van der Waals surface area contributed by atoms with Gasteiger partial charge in [-0.25, -0.2) is 0 Å². The molecule has 0 aromatic heterocycles. The molecule has 0 aliphatic heterocycles. The van der Waals surface area contributed by atoms with Crippen LogP contribution in [-0.4, -0.2) is 31.1 Å². The summed E-state index contributed by atoms with van der Waals surface area (Å²) in [6, 6.07) is 0.751. The highest BCUT2D eigenvalue weighted by atomic mass is 15.1. The zero-order valence-corrected chi connectivity index (χ0v) is 8.64. The molecule has 0 aromatic rings. The molecule has 0 saturated heterocycles. The molecule has 12 heavy (non-hydrogen) atoms. The van der Waals surface area contributed by atoms with E-state index in [9.17, 15) is 0 Å². The summed E-state index contributed by atoms with van der Waals surface area (Å²) in [7, 11) is 2.20. The number of hydrogen-bond acceptors (Lipinski definition) is 2. The number of nitrogens with two attached hydrogens (primary N) is 1. The van der Waals surface area contributed by atoms with E-state index in [-0.39, 0.29) is 0 Å². The average Bonchev–Trinajstić information content (AvgIpc) is 2.30. The van der Waals surface area contributed by atoms with Crippen LogP contribution in [0.1, 0.15) is 33.1 Å². The van der Waals surface area contributed by atoms with Crippen molar-refractivity contribution in [1.82, 2.24) is 4.90 Å². The molecule has 1 fully saturated rings. The van der Waals surface area contributed by atoms with E-state index in [0.29, 0.717) is 5.41 Å². The van der Waals surface area contributed by atoms with E-state index < -0.39 is 0 Å². The van der Waals surface area contributed by atoms with Gasteiger partial charge in [-0.3, -0.25) is 0 Å². The van der Waals surface area contributed by atoms with E-state index in [1.807, 2.05) is 0 Å². The van der Waals surface area contributed by atoms with E-state index in [2.05, 4.69) is 25.8 Å². The lowest BCUT2D eigenvalue weighted by molar-refractivity contribution is 0.144. The number of likely N-dealkylation sites (N-methyl/N-ethyl adjacent to an activating group) is 1. The third-order valence-electron chi connectivity index (χ3n) is 3.21. The maximum Gasteiger partial charge on any atom is 0.0144 e. The lowest BCUT2D eigenvalue weighted by Crippen LogP contribution is -2.41. The van der Waals surface area contributed by atoms with Crippen molar-refractivity contribution in [2.45, 2.75) is 39.2 Å². The first kappa shape index (κ1) is 10.0. The average molecular weight is 170 g/mol. The second-order valence-electron chi connectivity index (χ2n) is 4.67. The quantitative estimate of drug-likeness (QED) is 0.694. The predicted molar refractivity (Wildman–Crippen MR) is 53.1 cm³/mol. The monoisotopic (exact) mass is 170 g/mol. The van der Waals surface area contributed by atoms with Crippen LogP contribution in [0.5, 0.6) is 0 Å². The van der Waals surface area contributed by atoms with Gasteiger partial charge in [0.05, 0.1) is 0 Å². The van der Waals surface area contributed by atoms with Crippen LogP contribution in [0.4, 0.5) is 0 Å². The Morgan fingerprint density at radius 1 is 1.50 bits per heavy atom. The van der Waals surface area contributed by atoms with Crippen molar-refractivity contribution < 1.29 is 0 Å². The Bertz CT molecular complexity index is 143. The minimum absolute atomic E-state index is 0.504. The number of nitrogens with zero attached hydrogens (tertiary/aromatic N) is 1. The van der Waals surface area contributed by atoms with E-state index in [4.69, 9.17) is 5.73 Å². The van der Waals surface area contributed by atoms with Gasteiger partial charge in [0.25, 0.3) is 0 Å². The molecule has 0 aromatic carbocycles. The maximum atomic E-state index is 5.54. The molecule has 1 unspecified atom stereocenters. The molecule has 0 amide bonds. The van der Waals surface area contributed by atoms with Gasteiger partial charge in [-0.05, 0) is 25.3 Å². The summed E-state index contributed by atoms with van der Waals surface area (Å²) in [6.07, 6.45) is 4.10. The first-order valence-electron chi connectivity index (χ1n) is 4.98. The lowest BCUT2D eigenvalue weighted by atomic mass is 9.86. The molecular weight excluding hydrogens is 148 g/mol. The highest BCUT2D eigenvalue weighted by molar-refractivity contribution is 4.90. The highest BCUT2D eigenvalue weighted by Gasteiger charge is 2.36. The first-order chi connectivity index (χ1) is 5.58. The van der Waals surface area contributed by atoms with Gasteiger partial charge in [0.2, 0.25) is 0 Å². The molecule has 0 radical (unpaired) electrons. The summed E-state index contributed by atoms with van der Waals surface area (Å²) in [5.41, 5.74) is 6.05. The standard InChI is InChI=1S/C10H22N2/c1-10(2)6-4-5-9(10)12(3)8-7-11/h9H,4-8,11H2,1-3H3. The van der Waals surface area contributed by atoms with Crippen LogP contribution in [0.25, 0.3) is 0 Å². The molecule has 1 aliphatic rings. The van der Waals surface area contributed by atoms with Gasteiger partial charge in [-0.15, -0.1) is 0 Å². The van der Waals surface area contributed by atoms with Crippen LogP contribution >= 0.6 is 0 Å². The summed E-state index contributed by atoms with van der Waals surface area (Å²) in [5.74, 6) is 0. The van der Waals surface area contributed by atoms with Crippen LogP contribution in [-0.2, 0) is 0 Å². The first-order valence-corrected chi connectivity index (χ1v) is 4.98. The smallest absolute Gasteiger partial charge is 0.0144 e. The molecule has 72 valence electrons. The van der Waals surface area contributed by atoms with Crippen molar-refractivity contribution in [3.05, 3.63) is 0 Å². The molecular formula is C10H22N2. The molecule has 1 rings (SSSR count). The molecule has 1 atom stereocenters. The molecule has 1 aliphatic carbocycles. The molecule has 1 saturated carbocycles. The minimum atomic E-state index is 0.504. The van der Waals surface area contributed by atoms with Crippen LogP contribution in [0.3, 0.4) is 0 Å². The molecule has 2 heteroatoms. The third kappa shape index (κ3) is 1.99. The van der Waals surface area contributed by atoms with Crippen molar-refractivity contribution in [3.8, 4) is 0 Å². The fourth-order valence-electron chi connectivity index (χ4n) is 2.48. The van der Waals surface area contributed by atoms with E-state index in [1.165, 1.54) is 19.3 Å². The van der Waals surface area contributed by atoms with Gasteiger partial charge in [0, 0.05) is 19.1 Å². The van der Waals surface area contributed by atoms with Gasteiger partial charge in [0.15, 0.2) is 0 Å². The van der Waals surface area contributed by atoms with Gasteiger partial charge in [0.1, 0.15) is 0 Å². The summed E-state index contributed by atoms with van der Waals surface area (Å²) in [4.78, 5) is 2.42. The number of rotatable bonds is 3. The van der Waals surface area contributed by atoms with Crippen LogP contribution in [0.15, 0.2) is 0 Å². The highest BCUT2D eigenvalue weighted by Crippen LogP contribution is 2.39. The second kappa shape index (κ2) is 3.75. The van der Waals surface area contributed by atoms with E-state index >= 15 is 0 Å². The van der Waals surface area contributed by atoms with E-state index in [0.717, 1.165) is 19.1 Å². The minimum Gasteiger partial charge on any atom is -0.329 e. The fraction of sp³-hybridized carbons (Fsp3) is 1.00. The number of hydrogen-bond donors (Lipinski definition) is 1. The Morgan fingerprint density at radius 2 is 2.17 bits per heavy atom. The Hall–Kier alpha value is -0.0800. The normalized spacial score (nSPS) is 28.2. The molecule has 0 heterocycles. The van der Waals surface area contributed by atoms with E-state index in [1.54, 1.807) is 0 Å². The molecule has 2 N–H and O–H groups in total. The zero-order valence-electron chi connectivity index (χ0n) is 8.64. The Kier molecular flexibility index (Phi) is 3.13. The fourth-order valence-corrected chi connectivity index (χ4v) is 2.48. The molecule has 2 nitrogen and oxygen atoms in total. The van der Waals surface area contributed by atoms with Crippen LogP contribution in [0.2, 0.25) is 0 Å². The van der Waals surface area contributed by atoms with Crippen LogP contribution in [0, 0.1) is 5.41 Å². The summed E-state index contributed by atoms with van der Waals surface area (Å²) in [5, 5.41) is 0. The van der Waals surface area contributed by atoms with Crippen molar-refractivity contribution in [3.63, 3.8) is 0 Å². The summed E-state index contributed by atoms with van der Waals surface area (Å²) in [6.45, 7) is 6.56. The summed E-state index contributed by atoms with van der Waals surface area (Å²) < 4.78 is 0. The third-order valence-corrected chi connectivity index (χ3v) is 3.21. The Morgan fingerprint density at radius 3 is 2.58 bits per heavy atom. The summed E-state index contributed by atoms with van der Waals surface area (Å²) >= 11 is 0. The Labute approximate surface area is 76.1 Å². The van der Waals surface area contributed by atoms with Crippen molar-refractivity contribution in [2.24, 2.45) is 11.1 Å². The second-order valence-corrected chi connectivity index (χ2v) is 4.67. The molecule has 0 spiro atoms. The maximum absolute atomic E-state index is 5.54. The van der Waals surface area contributed by atoms with Crippen molar-refractivity contribution in [2.75, 3.05) is 20.1 Å². The molecule has 0 bridgehead atoms. The van der Waals surface area contributed by atoms with Crippen LogP contribution < -0.4 is 5.73 Å². The van der Waals surface area contributed by atoms with Crippen molar-refractivity contribution >= 4 is 0 Å². The SMILES string of the molecule is CN(CCN)C1CCCC1(C)C. The van der Waals surface area contributed by atoms with Gasteiger partial charge < -0.3 is 10.6 Å². The van der Waals surface area contributed by atoms with Crippen molar-refractivity contribution in [1.29, 1.82) is 0 Å². The predicted octanol–water partition coefficient (Wildman–Crippen LogP) is 1.46. The lowest BCUT2D eigenvalue weighted by Gasteiger charge is -2.34. The van der Waals surface area contributed by atoms with Gasteiger partial charge in [-0.1, -0.05) is 20.3 Å². The topological polar surface area (TPSA) is 29.3 Å².